The average molecular weight is 517 g/mol. The molecule has 3 N–H and O–H groups in total. The van der Waals surface area contributed by atoms with Crippen LogP contribution >= 0.6 is 0 Å². The number of amides is 1. The number of hydrogen-bond donors (Lipinski definition) is 2. The van der Waals surface area contributed by atoms with Gasteiger partial charge in [0.1, 0.15) is 28.9 Å². The van der Waals surface area contributed by atoms with Gasteiger partial charge in [0.15, 0.2) is 11.5 Å². The highest BCUT2D eigenvalue weighted by Crippen LogP contribution is 2.32. The number of para-hydroxylation sites is 1. The van der Waals surface area contributed by atoms with E-state index in [0.29, 0.717) is 35.4 Å². The van der Waals surface area contributed by atoms with Crippen LogP contribution in [0.5, 0.6) is 11.5 Å². The summed E-state index contributed by atoms with van der Waals surface area (Å²) in [5.74, 6) is 1.61. The van der Waals surface area contributed by atoms with E-state index in [9.17, 15) is 9.59 Å². The zero-order valence-electron chi connectivity index (χ0n) is 21.8. The first-order valence-corrected chi connectivity index (χ1v) is 12.8. The smallest absolute Gasteiger partial charge is 0.407 e. The first kappa shape index (κ1) is 25.3. The number of carbonyl (C=O) groups is 1. The maximum atomic E-state index is 13.8. The molecule has 4 aromatic rings. The van der Waals surface area contributed by atoms with Gasteiger partial charge >= 0.3 is 11.8 Å². The molecule has 1 aliphatic rings. The van der Waals surface area contributed by atoms with Crippen molar-refractivity contribution in [1.29, 1.82) is 0 Å². The summed E-state index contributed by atoms with van der Waals surface area (Å²) in [4.78, 5) is 34.6. The summed E-state index contributed by atoms with van der Waals surface area (Å²) in [5, 5.41) is 2.95. The Morgan fingerprint density at radius 3 is 2.29 bits per heavy atom. The molecule has 0 saturated heterocycles. The van der Waals surface area contributed by atoms with E-state index in [0.717, 1.165) is 18.6 Å². The highest BCUT2D eigenvalue weighted by atomic mass is 16.6. The number of hydrogen-bond acceptors (Lipinski definition) is 7. The highest BCUT2D eigenvalue weighted by molar-refractivity contribution is 5.84. The van der Waals surface area contributed by atoms with Crippen LogP contribution in [0.2, 0.25) is 0 Å². The lowest BCUT2D eigenvalue weighted by molar-refractivity contribution is 0.0488. The van der Waals surface area contributed by atoms with Gasteiger partial charge in [0.05, 0.1) is 5.69 Å². The molecule has 0 spiro atoms. The third-order valence-corrected chi connectivity index (χ3v) is 6.54. The van der Waals surface area contributed by atoms with Crippen molar-refractivity contribution < 1.29 is 14.3 Å². The zero-order chi connectivity index (χ0) is 26.9. The summed E-state index contributed by atoms with van der Waals surface area (Å²) >= 11 is 0. The Balaban J connectivity index is 1.40. The van der Waals surface area contributed by atoms with Crippen molar-refractivity contribution in [2.24, 2.45) is 0 Å². The van der Waals surface area contributed by atoms with Gasteiger partial charge in [-0.1, -0.05) is 18.2 Å². The molecule has 2 aromatic carbocycles. The number of rotatable bonds is 5. The number of imidazole rings is 1. The van der Waals surface area contributed by atoms with Crippen LogP contribution in [0.1, 0.15) is 52.5 Å². The van der Waals surface area contributed by atoms with Gasteiger partial charge in [-0.05, 0) is 82.9 Å². The molecule has 2 aromatic heterocycles. The fourth-order valence-corrected chi connectivity index (χ4v) is 4.88. The lowest BCUT2D eigenvalue weighted by atomic mass is 9.91. The third kappa shape index (κ3) is 5.34. The van der Waals surface area contributed by atoms with E-state index >= 15 is 0 Å². The minimum atomic E-state index is -0.554. The van der Waals surface area contributed by atoms with E-state index in [2.05, 4.69) is 15.3 Å². The van der Waals surface area contributed by atoms with E-state index in [1.807, 2.05) is 75.4 Å². The summed E-state index contributed by atoms with van der Waals surface area (Å²) in [6.45, 7) is 5.51. The summed E-state index contributed by atoms with van der Waals surface area (Å²) < 4.78 is 14.6. The second kappa shape index (κ2) is 10.2. The Labute approximate surface area is 220 Å². The second-order valence-corrected chi connectivity index (χ2v) is 10.5. The predicted octanol–water partition coefficient (Wildman–Crippen LogP) is 4.97. The topological polar surface area (TPSA) is 126 Å². The molecule has 0 aliphatic heterocycles. The standard InChI is InChI=1S/C28H32N6O4/c1-28(2,3)38-26(35)32-18-9-11-20(12-10-18)34-25-23(24(29)30-17-31-25)33(27(34)36)19-13-15-22(16-14-19)37-21-7-5-4-6-8-21/h4-8,13-18,20H,9-12H2,1-3H3,(H,32,35)(H2,29,30,31)/t18-,20-. The van der Waals surface area contributed by atoms with E-state index in [1.54, 1.807) is 9.13 Å². The molecule has 1 fully saturated rings. The predicted molar refractivity (Wildman–Crippen MR) is 145 cm³/mol. The molecule has 198 valence electrons. The first-order valence-electron chi connectivity index (χ1n) is 12.8. The fraction of sp³-hybridized carbons (Fsp3) is 0.357. The first-order chi connectivity index (χ1) is 18.2. The van der Waals surface area contributed by atoms with Crippen molar-refractivity contribution in [3.63, 3.8) is 0 Å². The van der Waals surface area contributed by atoms with Crippen molar-refractivity contribution in [1.82, 2.24) is 24.4 Å². The van der Waals surface area contributed by atoms with E-state index in [4.69, 9.17) is 15.2 Å². The van der Waals surface area contributed by atoms with Crippen LogP contribution in [0, 0.1) is 0 Å². The molecule has 38 heavy (non-hydrogen) atoms. The van der Waals surface area contributed by atoms with Crippen LogP contribution in [-0.2, 0) is 4.74 Å². The van der Waals surface area contributed by atoms with Gasteiger partial charge in [0, 0.05) is 12.1 Å². The Morgan fingerprint density at radius 1 is 0.974 bits per heavy atom. The molecule has 0 unspecified atom stereocenters. The number of nitrogen functional groups attached to an aromatic ring is 1. The average Bonchev–Trinajstić information content (AvgIpc) is 3.17. The summed E-state index contributed by atoms with van der Waals surface area (Å²) in [7, 11) is 0. The van der Waals surface area contributed by atoms with Gasteiger partial charge in [0.25, 0.3) is 0 Å². The molecule has 0 bridgehead atoms. The van der Waals surface area contributed by atoms with Gasteiger partial charge in [0.2, 0.25) is 0 Å². The quantitative estimate of drug-likeness (QED) is 0.384. The molecule has 10 nitrogen and oxygen atoms in total. The minimum Gasteiger partial charge on any atom is -0.457 e. The van der Waals surface area contributed by atoms with Crippen molar-refractivity contribution in [2.45, 2.75) is 64.1 Å². The molecular formula is C28H32N6O4. The zero-order valence-corrected chi connectivity index (χ0v) is 21.8. The van der Waals surface area contributed by atoms with Crippen molar-refractivity contribution in [3.05, 3.63) is 71.4 Å². The number of nitrogens with zero attached hydrogens (tertiary/aromatic N) is 4. The maximum Gasteiger partial charge on any atom is 0.407 e. The van der Waals surface area contributed by atoms with Crippen LogP contribution < -0.4 is 21.5 Å². The Morgan fingerprint density at radius 2 is 1.63 bits per heavy atom. The monoisotopic (exact) mass is 516 g/mol. The number of carbonyl (C=O) groups excluding carboxylic acids is 1. The number of nitrogens with two attached hydrogens (primary N) is 1. The lowest BCUT2D eigenvalue weighted by Crippen LogP contribution is -2.41. The number of anilines is 1. The Bertz CT molecular complexity index is 1480. The highest BCUT2D eigenvalue weighted by Gasteiger charge is 2.30. The SMILES string of the molecule is CC(C)(C)OC(=O)N[C@H]1CC[C@H](n2c(=O)n(-c3ccc(Oc4ccccc4)cc3)c3c(N)ncnc32)CC1. The van der Waals surface area contributed by atoms with Crippen LogP contribution in [0.4, 0.5) is 10.6 Å². The normalized spacial score (nSPS) is 17.8. The van der Waals surface area contributed by atoms with Crippen LogP contribution in [-0.4, -0.2) is 36.8 Å². The van der Waals surface area contributed by atoms with Crippen LogP contribution in [0.3, 0.4) is 0 Å². The molecule has 2 heterocycles. The Kier molecular flexibility index (Phi) is 6.79. The molecule has 1 amide bonds. The number of ether oxygens (including phenoxy) is 2. The lowest BCUT2D eigenvalue weighted by Gasteiger charge is -2.30. The largest absolute Gasteiger partial charge is 0.457 e. The molecule has 0 atom stereocenters. The van der Waals surface area contributed by atoms with Crippen LogP contribution in [0.25, 0.3) is 16.9 Å². The van der Waals surface area contributed by atoms with Crippen LogP contribution in [0.15, 0.2) is 65.7 Å². The number of alkyl carbamates (subject to hydrolysis) is 1. The molecule has 1 saturated carbocycles. The molecule has 10 heteroatoms. The van der Waals surface area contributed by atoms with E-state index in [1.165, 1.54) is 6.33 Å². The van der Waals surface area contributed by atoms with E-state index in [-0.39, 0.29) is 23.6 Å². The number of nitrogens with one attached hydrogen (secondary N) is 1. The van der Waals surface area contributed by atoms with Gasteiger partial charge < -0.3 is 20.5 Å². The fourth-order valence-electron chi connectivity index (χ4n) is 4.88. The Hall–Kier alpha value is -4.34. The van der Waals surface area contributed by atoms with Crippen molar-refractivity contribution >= 4 is 23.1 Å². The molecule has 1 aliphatic carbocycles. The maximum absolute atomic E-state index is 13.8. The molecule has 0 radical (unpaired) electrons. The van der Waals surface area contributed by atoms with Gasteiger partial charge in [-0.2, -0.15) is 0 Å². The van der Waals surface area contributed by atoms with Gasteiger partial charge in [-0.25, -0.2) is 19.6 Å². The summed E-state index contributed by atoms with van der Waals surface area (Å²) in [6.07, 6.45) is 3.80. The van der Waals surface area contributed by atoms with Crippen molar-refractivity contribution in [3.8, 4) is 17.2 Å². The summed E-state index contributed by atoms with van der Waals surface area (Å²) in [6, 6.07) is 16.6. The van der Waals surface area contributed by atoms with Gasteiger partial charge in [-0.3, -0.25) is 9.13 Å². The number of fused-ring (bicyclic) bond motifs is 1. The van der Waals surface area contributed by atoms with E-state index < -0.39 is 11.7 Å². The molecular weight excluding hydrogens is 484 g/mol. The van der Waals surface area contributed by atoms with Gasteiger partial charge in [-0.15, -0.1) is 0 Å². The van der Waals surface area contributed by atoms with Crippen molar-refractivity contribution in [2.75, 3.05) is 5.73 Å². The second-order valence-electron chi connectivity index (χ2n) is 10.5. The number of aromatic nitrogens is 4. The molecule has 5 rings (SSSR count). The third-order valence-electron chi connectivity index (χ3n) is 6.54. The number of benzene rings is 2. The summed E-state index contributed by atoms with van der Waals surface area (Å²) in [5.41, 5.74) is 7.08. The minimum absolute atomic E-state index is 0.0120.